The van der Waals surface area contributed by atoms with Gasteiger partial charge in [0.2, 0.25) is 0 Å². The minimum atomic E-state index is -0.432. The zero-order valence-electron chi connectivity index (χ0n) is 11.9. The van der Waals surface area contributed by atoms with Gasteiger partial charge < -0.3 is 10.9 Å². The summed E-state index contributed by atoms with van der Waals surface area (Å²) in [7, 11) is 0. The fraction of sp³-hybridized carbons (Fsp3) is 0.500. The van der Waals surface area contributed by atoms with Crippen molar-refractivity contribution in [2.24, 2.45) is 10.9 Å². The number of halogens is 2. The minimum Gasteiger partial charge on any atom is -0.409 e. The number of rotatable bonds is 4. The molecule has 1 fully saturated rings. The molecule has 0 radical (unpaired) electrons. The topological polar surface area (TPSA) is 61.9 Å². The van der Waals surface area contributed by atoms with E-state index in [4.69, 9.17) is 10.9 Å². The summed E-state index contributed by atoms with van der Waals surface area (Å²) < 4.78 is 26.5. The number of hydrogen-bond acceptors (Lipinski definition) is 4. The van der Waals surface area contributed by atoms with E-state index in [0.717, 1.165) is 12.1 Å². The molecule has 116 valence electrons. The first-order valence-corrected chi connectivity index (χ1v) is 7.92. The fourth-order valence-electron chi connectivity index (χ4n) is 2.63. The van der Waals surface area contributed by atoms with Crippen LogP contribution in [0, 0.1) is 11.6 Å². The van der Waals surface area contributed by atoms with Gasteiger partial charge in [0.05, 0.1) is 4.75 Å². The van der Waals surface area contributed by atoms with E-state index in [1.54, 1.807) is 11.8 Å². The van der Waals surface area contributed by atoms with Crippen molar-refractivity contribution in [2.45, 2.75) is 24.1 Å². The molecule has 0 aliphatic carbocycles. The van der Waals surface area contributed by atoms with Crippen molar-refractivity contribution in [1.82, 2.24) is 4.90 Å². The van der Waals surface area contributed by atoms with Gasteiger partial charge in [-0.25, -0.2) is 8.78 Å². The molecule has 3 N–H and O–H groups in total. The predicted molar refractivity (Wildman–Crippen MR) is 80.5 cm³/mol. The number of nitrogens with zero attached hydrogens (tertiary/aromatic N) is 2. The Balaban J connectivity index is 2.03. The lowest BCUT2D eigenvalue weighted by Crippen LogP contribution is -2.49. The Hall–Kier alpha value is -1.34. The normalized spacial score (nSPS) is 19.7. The standard InChI is InChI=1S/C14H19F2N3OS/c1-21-14(13(17)18-20)4-6-19(7-5-14)9-10-8-11(15)2-3-12(10)16/h2-3,8,20H,4-7,9H2,1H3,(H2,17,18). The lowest BCUT2D eigenvalue weighted by atomic mass is 9.94. The van der Waals surface area contributed by atoms with Crippen LogP contribution >= 0.6 is 11.8 Å². The molecule has 0 amide bonds. The van der Waals surface area contributed by atoms with Crippen LogP contribution in [0.25, 0.3) is 0 Å². The third kappa shape index (κ3) is 3.47. The summed E-state index contributed by atoms with van der Waals surface area (Å²) in [5, 5.41) is 12.0. The number of piperidine rings is 1. The Labute approximate surface area is 127 Å². The molecule has 21 heavy (non-hydrogen) atoms. The van der Waals surface area contributed by atoms with E-state index in [2.05, 4.69) is 10.1 Å². The van der Waals surface area contributed by atoms with Gasteiger partial charge in [-0.3, -0.25) is 4.90 Å². The number of hydrogen-bond donors (Lipinski definition) is 2. The van der Waals surface area contributed by atoms with Gasteiger partial charge in [-0.05, 0) is 37.3 Å². The van der Waals surface area contributed by atoms with Gasteiger partial charge in [0.15, 0.2) is 5.84 Å². The molecule has 0 atom stereocenters. The zero-order valence-corrected chi connectivity index (χ0v) is 12.7. The molecule has 0 spiro atoms. The highest BCUT2D eigenvalue weighted by molar-refractivity contribution is 8.00. The minimum absolute atomic E-state index is 0.228. The molecule has 0 saturated carbocycles. The number of oxime groups is 1. The molecule has 7 heteroatoms. The Morgan fingerprint density at radius 2 is 2.10 bits per heavy atom. The van der Waals surface area contributed by atoms with Gasteiger partial charge in [-0.1, -0.05) is 5.16 Å². The van der Waals surface area contributed by atoms with Gasteiger partial charge in [-0.15, -0.1) is 0 Å². The van der Waals surface area contributed by atoms with E-state index < -0.39 is 11.6 Å². The van der Waals surface area contributed by atoms with Gasteiger partial charge in [0, 0.05) is 25.2 Å². The SMILES string of the molecule is CSC1(/C(N)=N/O)CCN(Cc2cc(F)ccc2F)CC1. The van der Waals surface area contributed by atoms with Crippen LogP contribution in [0.3, 0.4) is 0 Å². The number of benzene rings is 1. The van der Waals surface area contributed by atoms with Crippen LogP contribution < -0.4 is 5.73 Å². The molecule has 4 nitrogen and oxygen atoms in total. The Bertz CT molecular complexity index is 531. The van der Waals surface area contributed by atoms with Crippen LogP contribution in [0.5, 0.6) is 0 Å². The van der Waals surface area contributed by atoms with Gasteiger partial charge in [0.25, 0.3) is 0 Å². The van der Waals surface area contributed by atoms with E-state index in [-0.39, 0.29) is 10.6 Å². The van der Waals surface area contributed by atoms with Gasteiger partial charge in [0.1, 0.15) is 11.6 Å². The van der Waals surface area contributed by atoms with Crippen molar-refractivity contribution in [1.29, 1.82) is 0 Å². The van der Waals surface area contributed by atoms with Crippen LogP contribution in [0.2, 0.25) is 0 Å². The first-order valence-electron chi connectivity index (χ1n) is 6.70. The smallest absolute Gasteiger partial charge is 0.155 e. The van der Waals surface area contributed by atoms with Crippen LogP contribution in [-0.2, 0) is 6.54 Å². The maximum Gasteiger partial charge on any atom is 0.155 e. The molecule has 0 aromatic heterocycles. The third-order valence-electron chi connectivity index (χ3n) is 4.03. The van der Waals surface area contributed by atoms with Crippen molar-refractivity contribution < 1.29 is 14.0 Å². The van der Waals surface area contributed by atoms with E-state index >= 15 is 0 Å². The van der Waals surface area contributed by atoms with Crippen LogP contribution in [0.1, 0.15) is 18.4 Å². The van der Waals surface area contributed by atoms with Crippen LogP contribution in [0.15, 0.2) is 23.4 Å². The van der Waals surface area contributed by atoms with Gasteiger partial charge in [-0.2, -0.15) is 11.8 Å². The van der Waals surface area contributed by atoms with Crippen molar-refractivity contribution in [3.63, 3.8) is 0 Å². The number of nitrogens with two attached hydrogens (primary N) is 1. The van der Waals surface area contributed by atoms with E-state index in [1.165, 1.54) is 6.07 Å². The Morgan fingerprint density at radius 1 is 1.43 bits per heavy atom. The number of thioether (sulfide) groups is 1. The predicted octanol–water partition coefficient (Wildman–Crippen LogP) is 2.41. The molecule has 1 aliphatic rings. The first kappa shape index (κ1) is 16.0. The van der Waals surface area contributed by atoms with Crippen molar-refractivity contribution in [3.8, 4) is 0 Å². The summed E-state index contributed by atoms with van der Waals surface area (Å²) in [6.07, 6.45) is 3.35. The van der Waals surface area contributed by atoms with E-state index in [1.807, 2.05) is 6.26 Å². The molecule has 1 heterocycles. The Morgan fingerprint density at radius 3 is 2.67 bits per heavy atom. The second-order valence-electron chi connectivity index (χ2n) is 5.20. The quantitative estimate of drug-likeness (QED) is 0.388. The maximum absolute atomic E-state index is 13.7. The summed E-state index contributed by atoms with van der Waals surface area (Å²) in [4.78, 5) is 2.05. The summed E-state index contributed by atoms with van der Waals surface area (Å²) in [5.74, 6) is -0.598. The zero-order chi connectivity index (χ0) is 15.5. The van der Waals surface area contributed by atoms with Gasteiger partial charge >= 0.3 is 0 Å². The lowest BCUT2D eigenvalue weighted by Gasteiger charge is -2.39. The fourth-order valence-corrected chi connectivity index (χ4v) is 3.47. The highest BCUT2D eigenvalue weighted by Crippen LogP contribution is 2.35. The summed E-state index contributed by atoms with van der Waals surface area (Å²) in [5.41, 5.74) is 6.14. The van der Waals surface area contributed by atoms with E-state index in [9.17, 15) is 8.78 Å². The van der Waals surface area contributed by atoms with Crippen molar-refractivity contribution in [2.75, 3.05) is 19.3 Å². The monoisotopic (exact) mass is 315 g/mol. The maximum atomic E-state index is 13.7. The highest BCUT2D eigenvalue weighted by atomic mass is 32.2. The molecule has 1 saturated heterocycles. The largest absolute Gasteiger partial charge is 0.409 e. The second kappa shape index (κ2) is 6.62. The van der Waals surface area contributed by atoms with Crippen molar-refractivity contribution >= 4 is 17.6 Å². The molecular weight excluding hydrogens is 296 g/mol. The van der Waals surface area contributed by atoms with Crippen molar-refractivity contribution in [3.05, 3.63) is 35.4 Å². The van der Waals surface area contributed by atoms with Crippen LogP contribution in [-0.4, -0.2) is 40.0 Å². The number of amidine groups is 1. The average molecular weight is 315 g/mol. The summed E-state index contributed by atoms with van der Waals surface area (Å²) in [6, 6.07) is 3.50. The summed E-state index contributed by atoms with van der Waals surface area (Å²) >= 11 is 1.56. The molecule has 0 bridgehead atoms. The molecule has 1 aromatic carbocycles. The molecular formula is C14H19F2N3OS. The van der Waals surface area contributed by atoms with Crippen LogP contribution in [0.4, 0.5) is 8.78 Å². The molecule has 1 aromatic rings. The molecule has 2 rings (SSSR count). The first-order chi connectivity index (χ1) is 10.0. The van der Waals surface area contributed by atoms with E-state index in [0.29, 0.717) is 38.0 Å². The second-order valence-corrected chi connectivity index (χ2v) is 6.39. The Kier molecular flexibility index (Phi) is 5.05. The average Bonchev–Trinajstić information content (AvgIpc) is 2.51. The lowest BCUT2D eigenvalue weighted by molar-refractivity contribution is 0.207. The molecule has 0 unspecified atom stereocenters. The number of likely N-dealkylation sites (tertiary alicyclic amines) is 1. The highest BCUT2D eigenvalue weighted by Gasteiger charge is 2.38. The molecule has 1 aliphatic heterocycles. The summed E-state index contributed by atoms with van der Waals surface area (Å²) in [6.45, 7) is 1.74. The third-order valence-corrected chi connectivity index (χ3v) is 5.43.